The number of aryl methyl sites for hydroxylation is 2. The molecule has 0 unspecified atom stereocenters. The first kappa shape index (κ1) is 19.3. The maximum absolute atomic E-state index is 11.8. The molecule has 1 fully saturated rings. The monoisotopic (exact) mass is 368 g/mol. The lowest BCUT2D eigenvalue weighted by Crippen LogP contribution is -2.10. The van der Waals surface area contributed by atoms with Gasteiger partial charge in [0, 0.05) is 6.42 Å². The van der Waals surface area contributed by atoms with E-state index in [1.54, 1.807) is 13.0 Å². The molecular weight excluding hydrogens is 340 g/mol. The highest BCUT2D eigenvalue weighted by Crippen LogP contribution is 2.45. The van der Waals surface area contributed by atoms with E-state index < -0.39 is 0 Å². The van der Waals surface area contributed by atoms with Gasteiger partial charge in [-0.05, 0) is 74.4 Å². The largest absolute Gasteiger partial charge is 0.493 e. The van der Waals surface area contributed by atoms with Crippen molar-refractivity contribution in [1.82, 2.24) is 0 Å². The molecule has 0 radical (unpaired) electrons. The molecule has 1 aliphatic rings. The van der Waals surface area contributed by atoms with E-state index in [-0.39, 0.29) is 5.97 Å². The summed E-state index contributed by atoms with van der Waals surface area (Å²) in [5.74, 6) is 2.44. The van der Waals surface area contributed by atoms with E-state index in [0.29, 0.717) is 37.1 Å². The highest BCUT2D eigenvalue weighted by atomic mass is 16.5. The number of carbonyl (C=O) groups excluding carboxylic acids is 1. The second kappa shape index (κ2) is 8.47. The fourth-order valence-corrected chi connectivity index (χ4v) is 3.07. The third-order valence-electron chi connectivity index (χ3n) is 4.92. The number of esters is 1. The van der Waals surface area contributed by atoms with Crippen LogP contribution in [0.3, 0.4) is 0 Å². The number of ether oxygens (including phenoxy) is 3. The Hall–Kier alpha value is -2.49. The molecule has 27 heavy (non-hydrogen) atoms. The second-order valence-corrected chi connectivity index (χ2v) is 7.03. The van der Waals surface area contributed by atoms with Gasteiger partial charge in [-0.15, -0.1) is 0 Å². The summed E-state index contributed by atoms with van der Waals surface area (Å²) in [5, 5.41) is 0. The molecule has 4 heteroatoms. The molecule has 4 nitrogen and oxygen atoms in total. The molecule has 0 aromatic heterocycles. The average Bonchev–Trinajstić information content (AvgIpc) is 3.49. The number of carbonyl (C=O) groups is 1. The Morgan fingerprint density at radius 2 is 1.70 bits per heavy atom. The Kier molecular flexibility index (Phi) is 6.04. The Balaban J connectivity index is 1.89. The Morgan fingerprint density at radius 3 is 2.37 bits per heavy atom. The Labute approximate surface area is 161 Å². The molecule has 3 rings (SSSR count). The van der Waals surface area contributed by atoms with Crippen LogP contribution in [0, 0.1) is 13.8 Å². The van der Waals surface area contributed by atoms with E-state index in [2.05, 4.69) is 26.0 Å². The van der Waals surface area contributed by atoms with E-state index in [4.69, 9.17) is 14.2 Å². The molecule has 0 saturated heterocycles. The van der Waals surface area contributed by atoms with Crippen LogP contribution in [0.15, 0.2) is 30.3 Å². The van der Waals surface area contributed by atoms with Crippen molar-refractivity contribution >= 4 is 5.97 Å². The van der Waals surface area contributed by atoms with E-state index >= 15 is 0 Å². The van der Waals surface area contributed by atoms with Crippen LogP contribution in [0.4, 0.5) is 0 Å². The molecule has 1 saturated carbocycles. The maximum atomic E-state index is 11.8. The molecular formula is C23H28O4. The van der Waals surface area contributed by atoms with E-state index in [1.807, 2.05) is 19.1 Å². The summed E-state index contributed by atoms with van der Waals surface area (Å²) >= 11 is 0. The normalized spacial score (nSPS) is 13.3. The second-order valence-electron chi connectivity index (χ2n) is 7.03. The van der Waals surface area contributed by atoms with Gasteiger partial charge in [-0.3, -0.25) is 4.79 Å². The van der Waals surface area contributed by atoms with E-state index in [1.165, 1.54) is 29.5 Å². The summed E-state index contributed by atoms with van der Waals surface area (Å²) in [6, 6.07) is 9.86. The third kappa shape index (κ3) is 4.62. The third-order valence-corrected chi connectivity index (χ3v) is 4.92. The lowest BCUT2D eigenvalue weighted by molar-refractivity contribution is -0.134. The van der Waals surface area contributed by atoms with Crippen LogP contribution >= 0.6 is 0 Å². The van der Waals surface area contributed by atoms with Crippen LogP contribution in [0.1, 0.15) is 61.3 Å². The van der Waals surface area contributed by atoms with E-state index in [9.17, 15) is 4.79 Å². The zero-order valence-electron chi connectivity index (χ0n) is 16.6. The predicted molar refractivity (Wildman–Crippen MR) is 106 cm³/mol. The van der Waals surface area contributed by atoms with Crippen molar-refractivity contribution in [2.45, 2.75) is 59.5 Å². The van der Waals surface area contributed by atoms with Crippen LogP contribution in [0.25, 0.3) is 0 Å². The lowest BCUT2D eigenvalue weighted by Gasteiger charge is -2.18. The van der Waals surface area contributed by atoms with Crippen molar-refractivity contribution in [3.05, 3.63) is 52.6 Å². The van der Waals surface area contributed by atoms with Crippen LogP contribution in [-0.2, 0) is 11.4 Å². The number of benzene rings is 2. The van der Waals surface area contributed by atoms with Crippen LogP contribution in [0.5, 0.6) is 17.2 Å². The summed E-state index contributed by atoms with van der Waals surface area (Å²) in [4.78, 5) is 11.8. The van der Waals surface area contributed by atoms with Crippen molar-refractivity contribution in [2.24, 2.45) is 0 Å². The fourth-order valence-electron chi connectivity index (χ4n) is 3.07. The molecule has 0 bridgehead atoms. The molecule has 0 atom stereocenters. The van der Waals surface area contributed by atoms with Gasteiger partial charge in [0.05, 0.1) is 12.2 Å². The molecule has 1 aliphatic carbocycles. The van der Waals surface area contributed by atoms with Gasteiger partial charge >= 0.3 is 5.97 Å². The summed E-state index contributed by atoms with van der Waals surface area (Å²) in [6.45, 7) is 8.78. The predicted octanol–water partition coefficient (Wildman–Crippen LogP) is 5.47. The standard InChI is InChI=1S/C23H28O4/c1-5-23(24)27-21-9-7-8-20(25-6-2)19(21)14-26-22-13-16(4)15(3)12-18(22)17-10-11-17/h7-9,12-13,17H,5-6,10-11,14H2,1-4H3. The minimum absolute atomic E-state index is 0.269. The van der Waals surface area contributed by atoms with E-state index in [0.717, 1.165) is 11.3 Å². The van der Waals surface area contributed by atoms with Gasteiger partial charge in [-0.2, -0.15) is 0 Å². The number of rotatable bonds is 8. The molecule has 144 valence electrons. The SMILES string of the molecule is CCOc1cccc(OC(=O)CC)c1COc1cc(C)c(C)cc1C1CC1. The van der Waals surface area contributed by atoms with Gasteiger partial charge in [-0.1, -0.05) is 19.1 Å². The zero-order chi connectivity index (χ0) is 19.4. The van der Waals surface area contributed by atoms with Gasteiger partial charge < -0.3 is 14.2 Å². The van der Waals surface area contributed by atoms with Crippen molar-refractivity contribution in [1.29, 1.82) is 0 Å². The van der Waals surface area contributed by atoms with Crippen LogP contribution in [0.2, 0.25) is 0 Å². The molecule has 0 N–H and O–H groups in total. The maximum Gasteiger partial charge on any atom is 0.310 e. The first-order valence-corrected chi connectivity index (χ1v) is 9.72. The molecule has 2 aromatic carbocycles. The molecule has 0 aliphatic heterocycles. The minimum atomic E-state index is -0.269. The van der Waals surface area contributed by atoms with Gasteiger partial charge in [0.25, 0.3) is 0 Å². The molecule has 0 heterocycles. The average molecular weight is 368 g/mol. The molecule has 2 aromatic rings. The highest BCUT2D eigenvalue weighted by molar-refractivity contribution is 5.72. The summed E-state index contributed by atoms with van der Waals surface area (Å²) in [5.41, 5.74) is 4.54. The Morgan fingerprint density at radius 1 is 1.00 bits per heavy atom. The van der Waals surface area contributed by atoms with Gasteiger partial charge in [0.1, 0.15) is 23.9 Å². The van der Waals surface area contributed by atoms with Gasteiger partial charge in [-0.25, -0.2) is 0 Å². The summed E-state index contributed by atoms with van der Waals surface area (Å²) in [7, 11) is 0. The highest BCUT2D eigenvalue weighted by Gasteiger charge is 2.27. The van der Waals surface area contributed by atoms with Crippen molar-refractivity contribution in [2.75, 3.05) is 6.61 Å². The van der Waals surface area contributed by atoms with Crippen LogP contribution in [-0.4, -0.2) is 12.6 Å². The van der Waals surface area contributed by atoms with Gasteiger partial charge in [0.2, 0.25) is 0 Å². The minimum Gasteiger partial charge on any atom is -0.493 e. The summed E-state index contributed by atoms with van der Waals surface area (Å²) in [6.07, 6.45) is 2.75. The van der Waals surface area contributed by atoms with Crippen molar-refractivity contribution in [3.63, 3.8) is 0 Å². The quantitative estimate of drug-likeness (QED) is 0.457. The van der Waals surface area contributed by atoms with Crippen LogP contribution < -0.4 is 14.2 Å². The Bertz CT molecular complexity index is 821. The zero-order valence-corrected chi connectivity index (χ0v) is 16.6. The molecule has 0 amide bonds. The molecule has 0 spiro atoms. The van der Waals surface area contributed by atoms with Crippen molar-refractivity contribution < 1.29 is 19.0 Å². The smallest absolute Gasteiger partial charge is 0.310 e. The lowest BCUT2D eigenvalue weighted by atomic mass is 10.0. The first-order valence-electron chi connectivity index (χ1n) is 9.72. The van der Waals surface area contributed by atoms with Crippen molar-refractivity contribution in [3.8, 4) is 17.2 Å². The topological polar surface area (TPSA) is 44.8 Å². The fraction of sp³-hybridized carbons (Fsp3) is 0.435. The van der Waals surface area contributed by atoms with Gasteiger partial charge in [0.15, 0.2) is 0 Å². The number of hydrogen-bond donors (Lipinski definition) is 0. The summed E-state index contributed by atoms with van der Waals surface area (Å²) < 4.78 is 17.5. The number of hydrogen-bond acceptors (Lipinski definition) is 4. The first-order chi connectivity index (χ1) is 13.0.